The number of nitrogens with one attached hydrogen (secondary N) is 1. The van der Waals surface area contributed by atoms with Gasteiger partial charge in [0.2, 0.25) is 5.91 Å². The first-order valence-electron chi connectivity index (χ1n) is 7.47. The normalized spacial score (nSPS) is 13.6. The van der Waals surface area contributed by atoms with Crippen LogP contribution in [0.3, 0.4) is 0 Å². The lowest BCUT2D eigenvalue weighted by Crippen LogP contribution is -2.45. The second-order valence-electron chi connectivity index (χ2n) is 5.77. The highest BCUT2D eigenvalue weighted by atomic mass is 16.5. The number of aliphatic hydroxyl groups excluding tert-OH is 1. The van der Waals surface area contributed by atoms with Crippen molar-refractivity contribution in [2.24, 2.45) is 5.92 Å². The first-order valence-corrected chi connectivity index (χ1v) is 7.47. The number of carbonyl (C=O) groups excluding carboxylic acids is 2. The average Bonchev–Trinajstić information content (AvgIpc) is 2.54. The molecule has 7 nitrogen and oxygen atoms in total. The number of rotatable bonds is 6. The monoisotopic (exact) mass is 322 g/mol. The minimum absolute atomic E-state index is 0.0973. The van der Waals surface area contributed by atoms with Gasteiger partial charge in [-0.2, -0.15) is 0 Å². The molecule has 0 aliphatic carbocycles. The van der Waals surface area contributed by atoms with Gasteiger partial charge in [0.15, 0.2) is 18.1 Å². The van der Waals surface area contributed by atoms with Crippen LogP contribution in [0.4, 0.5) is 5.69 Å². The second-order valence-corrected chi connectivity index (χ2v) is 5.77. The predicted octanol–water partition coefficient (Wildman–Crippen LogP) is 0.685. The number of anilines is 1. The molecular formula is C16H22N2O5. The third kappa shape index (κ3) is 3.92. The molecule has 126 valence electrons. The molecule has 0 radical (unpaired) electrons. The van der Waals surface area contributed by atoms with Crippen molar-refractivity contribution in [3.63, 3.8) is 0 Å². The van der Waals surface area contributed by atoms with Crippen molar-refractivity contribution >= 4 is 17.5 Å². The lowest BCUT2D eigenvalue weighted by atomic mass is 10.1. The Labute approximate surface area is 135 Å². The summed E-state index contributed by atoms with van der Waals surface area (Å²) < 4.78 is 10.7. The number of methoxy groups -OCH3 is 1. The van der Waals surface area contributed by atoms with Crippen LogP contribution in [0.2, 0.25) is 0 Å². The number of benzene rings is 1. The van der Waals surface area contributed by atoms with Crippen molar-refractivity contribution in [2.75, 3.05) is 31.7 Å². The minimum atomic E-state index is -0.311. The van der Waals surface area contributed by atoms with Gasteiger partial charge < -0.3 is 19.9 Å². The molecule has 1 heterocycles. The van der Waals surface area contributed by atoms with Gasteiger partial charge in [-0.1, -0.05) is 13.8 Å². The number of fused-ring (bicyclic) bond motifs is 1. The number of hydrogen-bond acceptors (Lipinski definition) is 5. The van der Waals surface area contributed by atoms with Gasteiger partial charge in [0.05, 0.1) is 19.4 Å². The minimum Gasteiger partial charge on any atom is -0.493 e. The van der Waals surface area contributed by atoms with Gasteiger partial charge in [0, 0.05) is 6.54 Å². The second kappa shape index (κ2) is 7.32. The number of nitrogens with zero attached hydrogens (tertiary/aromatic N) is 1. The molecule has 7 heteroatoms. The summed E-state index contributed by atoms with van der Waals surface area (Å²) >= 11 is 0. The Hall–Kier alpha value is -2.28. The van der Waals surface area contributed by atoms with E-state index >= 15 is 0 Å². The van der Waals surface area contributed by atoms with Crippen LogP contribution >= 0.6 is 0 Å². The Morgan fingerprint density at radius 2 is 2.22 bits per heavy atom. The van der Waals surface area contributed by atoms with Crippen molar-refractivity contribution in [1.82, 2.24) is 5.32 Å². The number of hydrogen-bond donors (Lipinski definition) is 2. The molecule has 0 saturated heterocycles. The maximum atomic E-state index is 12.1. The Morgan fingerprint density at radius 3 is 2.83 bits per heavy atom. The van der Waals surface area contributed by atoms with Crippen LogP contribution in [-0.2, 0) is 16.2 Å². The van der Waals surface area contributed by atoms with Gasteiger partial charge in [-0.15, -0.1) is 0 Å². The quantitative estimate of drug-likeness (QED) is 0.804. The molecule has 2 amide bonds. The van der Waals surface area contributed by atoms with Crippen LogP contribution < -0.4 is 19.7 Å². The molecule has 0 unspecified atom stereocenters. The van der Waals surface area contributed by atoms with E-state index in [1.807, 2.05) is 13.8 Å². The summed E-state index contributed by atoms with van der Waals surface area (Å²) in [6, 6.07) is 3.27. The predicted molar refractivity (Wildman–Crippen MR) is 84.6 cm³/mol. The first-order chi connectivity index (χ1) is 11.0. The lowest BCUT2D eigenvalue weighted by molar-refractivity contribution is -0.125. The van der Waals surface area contributed by atoms with Gasteiger partial charge in [0.25, 0.3) is 5.91 Å². The van der Waals surface area contributed by atoms with E-state index in [9.17, 15) is 14.7 Å². The highest BCUT2D eigenvalue weighted by molar-refractivity contribution is 6.02. The molecule has 0 bridgehead atoms. The molecule has 0 saturated carbocycles. The van der Waals surface area contributed by atoms with Crippen LogP contribution in [0.25, 0.3) is 0 Å². The molecule has 1 aromatic rings. The van der Waals surface area contributed by atoms with Crippen LogP contribution in [-0.4, -0.2) is 43.7 Å². The number of ether oxygens (including phenoxy) is 2. The van der Waals surface area contributed by atoms with Crippen LogP contribution in [0, 0.1) is 5.92 Å². The SMILES string of the molecule is COc1cc(CO)cc2c1OCC(=O)N2CC(=O)NCC(C)C. The van der Waals surface area contributed by atoms with E-state index in [0.29, 0.717) is 35.2 Å². The van der Waals surface area contributed by atoms with Crippen molar-refractivity contribution < 1.29 is 24.2 Å². The summed E-state index contributed by atoms with van der Waals surface area (Å²) in [6.45, 7) is 4.08. The highest BCUT2D eigenvalue weighted by Crippen LogP contribution is 2.41. The Bertz CT molecular complexity index is 600. The van der Waals surface area contributed by atoms with Crippen LogP contribution in [0.5, 0.6) is 11.5 Å². The molecule has 1 aromatic carbocycles. The topological polar surface area (TPSA) is 88.1 Å². The number of aliphatic hydroxyl groups is 1. The average molecular weight is 322 g/mol. The van der Waals surface area contributed by atoms with Crippen LogP contribution in [0.15, 0.2) is 12.1 Å². The fourth-order valence-electron chi connectivity index (χ4n) is 2.27. The molecule has 0 fully saturated rings. The molecular weight excluding hydrogens is 300 g/mol. The third-order valence-electron chi connectivity index (χ3n) is 3.44. The summed E-state index contributed by atoms with van der Waals surface area (Å²) in [5.41, 5.74) is 1.01. The van der Waals surface area contributed by atoms with Gasteiger partial charge in [-0.3, -0.25) is 14.5 Å². The zero-order chi connectivity index (χ0) is 17.0. The van der Waals surface area contributed by atoms with E-state index in [-0.39, 0.29) is 31.6 Å². The fraction of sp³-hybridized carbons (Fsp3) is 0.500. The summed E-state index contributed by atoms with van der Waals surface area (Å²) in [5.74, 6) is 0.600. The summed E-state index contributed by atoms with van der Waals surface area (Å²) in [4.78, 5) is 25.6. The molecule has 1 aliphatic rings. The largest absolute Gasteiger partial charge is 0.493 e. The fourth-order valence-corrected chi connectivity index (χ4v) is 2.27. The third-order valence-corrected chi connectivity index (χ3v) is 3.44. The molecule has 1 aliphatic heterocycles. The Balaban J connectivity index is 2.28. The molecule has 2 N–H and O–H groups in total. The maximum Gasteiger partial charge on any atom is 0.265 e. The zero-order valence-corrected chi connectivity index (χ0v) is 13.6. The van der Waals surface area contributed by atoms with Gasteiger partial charge in [0.1, 0.15) is 6.54 Å². The molecule has 0 aromatic heterocycles. The van der Waals surface area contributed by atoms with Crippen molar-refractivity contribution in [2.45, 2.75) is 20.5 Å². The highest BCUT2D eigenvalue weighted by Gasteiger charge is 2.30. The smallest absolute Gasteiger partial charge is 0.265 e. The van der Waals surface area contributed by atoms with Crippen molar-refractivity contribution in [3.8, 4) is 11.5 Å². The standard InChI is InChI=1S/C16H22N2O5/c1-10(2)6-17-14(20)7-18-12-4-11(8-19)5-13(22-3)16(12)23-9-15(18)21/h4-5,10,19H,6-9H2,1-3H3,(H,17,20). The molecule has 0 spiro atoms. The maximum absolute atomic E-state index is 12.1. The van der Waals surface area contributed by atoms with Crippen molar-refractivity contribution in [3.05, 3.63) is 17.7 Å². The Kier molecular flexibility index (Phi) is 5.44. The number of amides is 2. The van der Waals surface area contributed by atoms with E-state index in [1.165, 1.54) is 12.0 Å². The number of carbonyl (C=O) groups is 2. The lowest BCUT2D eigenvalue weighted by Gasteiger charge is -2.30. The molecule has 23 heavy (non-hydrogen) atoms. The van der Waals surface area contributed by atoms with E-state index in [0.717, 1.165) is 0 Å². The van der Waals surface area contributed by atoms with Crippen molar-refractivity contribution in [1.29, 1.82) is 0 Å². The van der Waals surface area contributed by atoms with E-state index in [4.69, 9.17) is 9.47 Å². The molecule has 0 atom stereocenters. The summed E-state index contributed by atoms with van der Waals surface area (Å²) in [6.07, 6.45) is 0. The van der Waals surface area contributed by atoms with Gasteiger partial charge in [-0.25, -0.2) is 0 Å². The first kappa shape index (κ1) is 17.1. The van der Waals surface area contributed by atoms with E-state index < -0.39 is 0 Å². The van der Waals surface area contributed by atoms with Gasteiger partial charge in [-0.05, 0) is 23.6 Å². The zero-order valence-electron chi connectivity index (χ0n) is 13.6. The van der Waals surface area contributed by atoms with E-state index in [2.05, 4.69) is 5.32 Å². The van der Waals surface area contributed by atoms with E-state index in [1.54, 1.807) is 12.1 Å². The Morgan fingerprint density at radius 1 is 1.48 bits per heavy atom. The molecule has 2 rings (SSSR count). The van der Waals surface area contributed by atoms with Gasteiger partial charge >= 0.3 is 0 Å². The summed E-state index contributed by atoms with van der Waals surface area (Å²) in [7, 11) is 1.48. The summed E-state index contributed by atoms with van der Waals surface area (Å²) in [5, 5.41) is 12.1. The van der Waals surface area contributed by atoms with Crippen LogP contribution in [0.1, 0.15) is 19.4 Å².